The highest BCUT2D eigenvalue weighted by Crippen LogP contribution is 2.00. The van der Waals surface area contributed by atoms with Crippen molar-refractivity contribution in [1.29, 1.82) is 0 Å². The van der Waals surface area contributed by atoms with Gasteiger partial charge in [-0.25, -0.2) is 0 Å². The van der Waals surface area contributed by atoms with Crippen LogP contribution >= 0.6 is 0 Å². The molecule has 1 aliphatic heterocycles. The first-order valence-electron chi connectivity index (χ1n) is 5.28. The number of hydrogen-bond acceptors (Lipinski definition) is 3. The van der Waals surface area contributed by atoms with E-state index in [0.29, 0.717) is 0 Å². The monoisotopic (exact) mass is 185 g/mol. The maximum absolute atomic E-state index is 5.43. The molecular weight excluding hydrogens is 165 g/mol. The van der Waals surface area contributed by atoms with E-state index >= 15 is 0 Å². The lowest BCUT2D eigenvalue weighted by Crippen LogP contribution is -2.38. The maximum Gasteiger partial charge on any atom is 0.453 e. The Bertz CT molecular complexity index is 125. The zero-order valence-corrected chi connectivity index (χ0v) is 8.79. The molecular formula is C9H20BNO2. The van der Waals surface area contributed by atoms with Crippen molar-refractivity contribution in [3.05, 3.63) is 0 Å². The predicted molar refractivity (Wildman–Crippen MR) is 54.9 cm³/mol. The number of nitrogens with zero attached hydrogens (tertiary/aromatic N) is 1. The Kier molecular flexibility index (Phi) is 5.43. The summed E-state index contributed by atoms with van der Waals surface area (Å²) >= 11 is 0. The molecule has 0 amide bonds. The van der Waals surface area contributed by atoms with Crippen LogP contribution in [0.1, 0.15) is 19.8 Å². The predicted octanol–water partition coefficient (Wildman–Crippen LogP) is 1.25. The van der Waals surface area contributed by atoms with Crippen LogP contribution in [0.4, 0.5) is 0 Å². The van der Waals surface area contributed by atoms with E-state index in [1.807, 2.05) is 6.82 Å². The second-order valence-electron chi connectivity index (χ2n) is 3.50. The van der Waals surface area contributed by atoms with Gasteiger partial charge in [0.1, 0.15) is 0 Å². The minimum atomic E-state index is -0.0201. The van der Waals surface area contributed by atoms with E-state index in [2.05, 4.69) is 11.8 Å². The van der Waals surface area contributed by atoms with E-state index in [1.54, 1.807) is 0 Å². The molecule has 1 aliphatic rings. The molecule has 0 radical (unpaired) electrons. The van der Waals surface area contributed by atoms with Crippen molar-refractivity contribution < 1.29 is 9.31 Å². The summed E-state index contributed by atoms with van der Waals surface area (Å²) in [5, 5.41) is 0. The fourth-order valence-corrected chi connectivity index (χ4v) is 1.46. The van der Waals surface area contributed by atoms with Crippen LogP contribution < -0.4 is 0 Å². The standard InChI is InChI=1S/C9H20BNO2/c1-3-4-5-11-6-8-12-10(2)13-9-7-11/h3-9H2,1-2H3. The van der Waals surface area contributed by atoms with Crippen molar-refractivity contribution in [3.8, 4) is 0 Å². The van der Waals surface area contributed by atoms with Crippen molar-refractivity contribution in [2.75, 3.05) is 32.8 Å². The van der Waals surface area contributed by atoms with Crippen LogP contribution in [0.15, 0.2) is 0 Å². The highest BCUT2D eigenvalue weighted by atomic mass is 16.6. The Morgan fingerprint density at radius 2 is 1.85 bits per heavy atom. The van der Waals surface area contributed by atoms with Gasteiger partial charge >= 0.3 is 7.12 Å². The molecule has 1 fully saturated rings. The van der Waals surface area contributed by atoms with Gasteiger partial charge in [0.2, 0.25) is 0 Å². The van der Waals surface area contributed by atoms with Crippen LogP contribution in [-0.2, 0) is 9.31 Å². The molecule has 0 N–H and O–H groups in total. The molecule has 0 aromatic rings. The second-order valence-corrected chi connectivity index (χ2v) is 3.50. The van der Waals surface area contributed by atoms with Gasteiger partial charge in [-0.15, -0.1) is 0 Å². The van der Waals surface area contributed by atoms with Gasteiger partial charge in [-0.2, -0.15) is 0 Å². The van der Waals surface area contributed by atoms with Gasteiger partial charge < -0.3 is 9.31 Å². The van der Waals surface area contributed by atoms with Gasteiger partial charge in [0.25, 0.3) is 0 Å². The molecule has 0 aromatic carbocycles. The molecule has 1 heterocycles. The number of hydrogen-bond donors (Lipinski definition) is 0. The molecule has 0 atom stereocenters. The van der Waals surface area contributed by atoms with E-state index in [1.165, 1.54) is 19.4 Å². The summed E-state index contributed by atoms with van der Waals surface area (Å²) in [6.07, 6.45) is 2.53. The topological polar surface area (TPSA) is 21.7 Å². The van der Waals surface area contributed by atoms with Gasteiger partial charge in [-0.3, -0.25) is 4.90 Å². The fraction of sp³-hybridized carbons (Fsp3) is 1.00. The lowest BCUT2D eigenvalue weighted by molar-refractivity contribution is 0.112. The maximum atomic E-state index is 5.43. The summed E-state index contributed by atoms with van der Waals surface area (Å²) in [6.45, 7) is 9.05. The number of unbranched alkanes of at least 4 members (excludes halogenated alkanes) is 1. The highest BCUT2D eigenvalue weighted by molar-refractivity contribution is 6.42. The van der Waals surface area contributed by atoms with Gasteiger partial charge in [-0.1, -0.05) is 13.3 Å². The highest BCUT2D eigenvalue weighted by Gasteiger charge is 2.15. The van der Waals surface area contributed by atoms with E-state index in [0.717, 1.165) is 26.3 Å². The van der Waals surface area contributed by atoms with E-state index < -0.39 is 0 Å². The molecule has 0 spiro atoms. The Morgan fingerprint density at radius 1 is 1.23 bits per heavy atom. The van der Waals surface area contributed by atoms with Crippen LogP contribution in [0.25, 0.3) is 0 Å². The third kappa shape index (κ3) is 4.65. The van der Waals surface area contributed by atoms with Crippen LogP contribution in [0.3, 0.4) is 0 Å². The van der Waals surface area contributed by atoms with Crippen molar-refractivity contribution in [1.82, 2.24) is 4.90 Å². The van der Waals surface area contributed by atoms with Crippen LogP contribution in [-0.4, -0.2) is 44.9 Å². The third-order valence-corrected chi connectivity index (χ3v) is 2.35. The zero-order chi connectivity index (χ0) is 9.52. The SMILES string of the molecule is CCCCN1CCOB(C)OCC1. The van der Waals surface area contributed by atoms with Gasteiger partial charge in [0.05, 0.1) is 0 Å². The van der Waals surface area contributed by atoms with Crippen molar-refractivity contribution >= 4 is 7.12 Å². The van der Waals surface area contributed by atoms with E-state index in [-0.39, 0.29) is 7.12 Å². The molecule has 76 valence electrons. The van der Waals surface area contributed by atoms with Gasteiger partial charge in [0, 0.05) is 26.3 Å². The molecule has 0 bridgehead atoms. The Balaban J connectivity index is 2.16. The molecule has 13 heavy (non-hydrogen) atoms. The molecule has 0 aliphatic carbocycles. The van der Waals surface area contributed by atoms with E-state index in [4.69, 9.17) is 9.31 Å². The van der Waals surface area contributed by atoms with E-state index in [9.17, 15) is 0 Å². The van der Waals surface area contributed by atoms with Crippen LogP contribution in [0.2, 0.25) is 6.82 Å². The van der Waals surface area contributed by atoms with Gasteiger partial charge in [-0.05, 0) is 19.8 Å². The fourth-order valence-electron chi connectivity index (χ4n) is 1.46. The first-order chi connectivity index (χ1) is 6.33. The second kappa shape index (κ2) is 6.41. The minimum absolute atomic E-state index is 0.0201. The molecule has 1 saturated heterocycles. The summed E-state index contributed by atoms with van der Waals surface area (Å²) in [6, 6.07) is 0. The summed E-state index contributed by atoms with van der Waals surface area (Å²) in [7, 11) is -0.0201. The number of rotatable bonds is 3. The summed E-state index contributed by atoms with van der Waals surface area (Å²) < 4.78 is 10.9. The average molecular weight is 185 g/mol. The lowest BCUT2D eigenvalue weighted by atomic mass is 9.95. The zero-order valence-electron chi connectivity index (χ0n) is 8.79. The lowest BCUT2D eigenvalue weighted by Gasteiger charge is -2.25. The van der Waals surface area contributed by atoms with Gasteiger partial charge in [0.15, 0.2) is 0 Å². The summed E-state index contributed by atoms with van der Waals surface area (Å²) in [5.41, 5.74) is 0. The average Bonchev–Trinajstić information content (AvgIpc) is 2.09. The Hall–Kier alpha value is -0.0551. The van der Waals surface area contributed by atoms with Crippen LogP contribution in [0.5, 0.6) is 0 Å². The molecule has 3 nitrogen and oxygen atoms in total. The summed E-state index contributed by atoms with van der Waals surface area (Å²) in [5.74, 6) is 0. The molecule has 4 heteroatoms. The third-order valence-electron chi connectivity index (χ3n) is 2.35. The minimum Gasteiger partial charge on any atom is -0.410 e. The first-order valence-corrected chi connectivity index (χ1v) is 5.28. The van der Waals surface area contributed by atoms with Crippen molar-refractivity contribution in [2.24, 2.45) is 0 Å². The molecule has 0 saturated carbocycles. The normalized spacial score (nSPS) is 21.2. The largest absolute Gasteiger partial charge is 0.453 e. The quantitative estimate of drug-likeness (QED) is 0.617. The molecule has 0 unspecified atom stereocenters. The van der Waals surface area contributed by atoms with Crippen LogP contribution in [0, 0.1) is 0 Å². The Labute approximate surface area is 81.5 Å². The van der Waals surface area contributed by atoms with Crippen molar-refractivity contribution in [3.63, 3.8) is 0 Å². The van der Waals surface area contributed by atoms with Crippen molar-refractivity contribution in [2.45, 2.75) is 26.6 Å². The first kappa shape index (κ1) is 11.0. The smallest absolute Gasteiger partial charge is 0.410 e. The summed E-state index contributed by atoms with van der Waals surface area (Å²) in [4.78, 5) is 2.41. The Morgan fingerprint density at radius 3 is 2.38 bits per heavy atom. The molecule has 0 aromatic heterocycles. The molecule has 1 rings (SSSR count).